The maximum Gasteiger partial charge on any atom is 0.410 e. The summed E-state index contributed by atoms with van der Waals surface area (Å²) in [5, 5.41) is 4.65. The summed E-state index contributed by atoms with van der Waals surface area (Å²) in [6, 6.07) is 5.54. The quantitative estimate of drug-likeness (QED) is 0.356. The van der Waals surface area contributed by atoms with Crippen molar-refractivity contribution < 1.29 is 9.53 Å². The molecule has 1 aliphatic rings. The van der Waals surface area contributed by atoms with E-state index in [1.165, 1.54) is 0 Å². The number of likely N-dealkylation sites (tertiary alicyclic amines) is 1. The van der Waals surface area contributed by atoms with Gasteiger partial charge in [-0.3, -0.25) is 0 Å². The molecule has 1 aromatic carbocycles. The Kier molecular flexibility index (Phi) is 6.67. The van der Waals surface area contributed by atoms with Crippen molar-refractivity contribution in [1.82, 2.24) is 4.90 Å². The zero-order valence-electron chi connectivity index (χ0n) is 15.3. The molecule has 26 heavy (non-hydrogen) atoms. The topological polar surface area (TPSA) is 78.3 Å². The Morgan fingerprint density at radius 1 is 1.38 bits per heavy atom. The van der Waals surface area contributed by atoms with E-state index in [4.69, 9.17) is 33.5 Å². The summed E-state index contributed by atoms with van der Waals surface area (Å²) in [5.41, 5.74) is 8.73. The summed E-state index contributed by atoms with van der Waals surface area (Å²) >= 11 is 12.3. The molecule has 0 saturated carbocycles. The molecular weight excluding hydrogens is 375 g/mol. The lowest BCUT2D eigenvalue weighted by Crippen LogP contribution is -2.50. The average molecular weight is 399 g/mol. The number of rotatable bonds is 4. The lowest BCUT2D eigenvalue weighted by molar-refractivity contribution is 0.0128. The number of benzene rings is 1. The minimum Gasteiger partial charge on any atom is -0.444 e. The SMILES string of the molecule is CC(C)(C)OC(=O)N1CCCC(CCN=[N+]=[N-])(c2ccc(Cl)c(Cl)c2)C1. The van der Waals surface area contributed by atoms with Gasteiger partial charge in [-0.15, -0.1) is 0 Å². The standard InChI is InChI=1S/C18H24Cl2N4O2/c1-17(2,3)26-16(25)24-10-4-7-18(12-24,8-9-22-23-21)13-5-6-14(19)15(20)11-13/h5-6,11H,4,7-10,12H2,1-3H3. The fourth-order valence-electron chi connectivity index (χ4n) is 3.33. The van der Waals surface area contributed by atoms with E-state index in [0.29, 0.717) is 36.1 Å². The van der Waals surface area contributed by atoms with Gasteiger partial charge in [0.2, 0.25) is 0 Å². The molecule has 1 unspecified atom stereocenters. The first-order valence-electron chi connectivity index (χ1n) is 8.61. The van der Waals surface area contributed by atoms with Gasteiger partial charge in [0.25, 0.3) is 0 Å². The summed E-state index contributed by atoms with van der Waals surface area (Å²) in [6.45, 7) is 7.02. The van der Waals surface area contributed by atoms with Crippen LogP contribution in [-0.4, -0.2) is 36.2 Å². The number of carbonyl (C=O) groups excluding carboxylic acids is 1. The van der Waals surface area contributed by atoms with Gasteiger partial charge in [0.1, 0.15) is 5.60 Å². The van der Waals surface area contributed by atoms with E-state index >= 15 is 0 Å². The van der Waals surface area contributed by atoms with E-state index in [0.717, 1.165) is 18.4 Å². The van der Waals surface area contributed by atoms with Crippen LogP contribution >= 0.6 is 23.2 Å². The van der Waals surface area contributed by atoms with Crippen LogP contribution in [0, 0.1) is 0 Å². The summed E-state index contributed by atoms with van der Waals surface area (Å²) < 4.78 is 5.53. The number of nitrogens with zero attached hydrogens (tertiary/aromatic N) is 4. The van der Waals surface area contributed by atoms with Crippen LogP contribution in [0.1, 0.15) is 45.6 Å². The first-order valence-corrected chi connectivity index (χ1v) is 9.37. The van der Waals surface area contributed by atoms with E-state index in [2.05, 4.69) is 10.0 Å². The molecule has 0 aromatic heterocycles. The zero-order valence-corrected chi connectivity index (χ0v) is 16.8. The molecule has 1 amide bonds. The minimum atomic E-state index is -0.550. The number of halogens is 2. The lowest BCUT2D eigenvalue weighted by atomic mass is 9.72. The number of azide groups is 1. The molecule has 6 nitrogen and oxygen atoms in total. The molecule has 0 bridgehead atoms. The van der Waals surface area contributed by atoms with E-state index in [1.807, 2.05) is 32.9 Å². The van der Waals surface area contributed by atoms with Crippen LogP contribution in [0.3, 0.4) is 0 Å². The van der Waals surface area contributed by atoms with Crippen LogP contribution in [0.4, 0.5) is 4.79 Å². The van der Waals surface area contributed by atoms with Gasteiger partial charge in [-0.05, 0) is 63.3 Å². The smallest absolute Gasteiger partial charge is 0.410 e. The van der Waals surface area contributed by atoms with Gasteiger partial charge in [-0.2, -0.15) is 0 Å². The van der Waals surface area contributed by atoms with Crippen LogP contribution in [0.15, 0.2) is 23.3 Å². The highest BCUT2D eigenvalue weighted by atomic mass is 35.5. The Labute approximate surface area is 164 Å². The summed E-state index contributed by atoms with van der Waals surface area (Å²) in [7, 11) is 0. The van der Waals surface area contributed by atoms with Gasteiger partial charge in [-0.1, -0.05) is 34.4 Å². The van der Waals surface area contributed by atoms with Gasteiger partial charge in [0.05, 0.1) is 10.0 Å². The molecule has 1 atom stereocenters. The molecule has 0 radical (unpaired) electrons. The van der Waals surface area contributed by atoms with Gasteiger partial charge < -0.3 is 9.64 Å². The number of hydrogen-bond donors (Lipinski definition) is 0. The molecule has 0 spiro atoms. The third-order valence-corrected chi connectivity index (χ3v) is 5.25. The fraction of sp³-hybridized carbons (Fsp3) is 0.611. The summed E-state index contributed by atoms with van der Waals surface area (Å²) in [5.74, 6) is 0. The number of piperidine rings is 1. The lowest BCUT2D eigenvalue weighted by Gasteiger charge is -2.43. The van der Waals surface area contributed by atoms with Crippen LogP contribution in [0.5, 0.6) is 0 Å². The Morgan fingerprint density at radius 2 is 2.12 bits per heavy atom. The first-order chi connectivity index (χ1) is 12.2. The highest BCUT2D eigenvalue weighted by Crippen LogP contribution is 2.40. The Balaban J connectivity index is 2.32. The van der Waals surface area contributed by atoms with Crippen molar-refractivity contribution in [1.29, 1.82) is 0 Å². The summed E-state index contributed by atoms with van der Waals surface area (Å²) in [4.78, 5) is 17.1. The largest absolute Gasteiger partial charge is 0.444 e. The molecule has 1 saturated heterocycles. The van der Waals surface area contributed by atoms with Crippen LogP contribution < -0.4 is 0 Å². The molecule has 142 valence electrons. The first kappa shape index (κ1) is 20.7. The second-order valence-electron chi connectivity index (χ2n) is 7.62. The monoisotopic (exact) mass is 398 g/mol. The van der Waals surface area contributed by atoms with Gasteiger partial charge in [0.15, 0.2) is 0 Å². The molecule has 1 heterocycles. The molecule has 2 rings (SSSR count). The maximum atomic E-state index is 12.6. The normalized spacial score (nSPS) is 20.4. The van der Waals surface area contributed by atoms with Gasteiger partial charge in [0, 0.05) is 30.0 Å². The van der Waals surface area contributed by atoms with E-state index in [1.54, 1.807) is 11.0 Å². The average Bonchev–Trinajstić information content (AvgIpc) is 2.56. The second kappa shape index (κ2) is 8.38. The number of hydrogen-bond acceptors (Lipinski definition) is 3. The third kappa shape index (κ3) is 5.19. The van der Waals surface area contributed by atoms with Crippen molar-refractivity contribution in [2.24, 2.45) is 5.11 Å². The summed E-state index contributed by atoms with van der Waals surface area (Å²) in [6.07, 6.45) is 1.99. The van der Waals surface area contributed by atoms with Crippen molar-refractivity contribution in [2.45, 2.75) is 51.0 Å². The molecule has 0 N–H and O–H groups in total. The van der Waals surface area contributed by atoms with E-state index in [9.17, 15) is 4.79 Å². The molecule has 1 aromatic rings. The third-order valence-electron chi connectivity index (χ3n) is 4.51. The van der Waals surface area contributed by atoms with Crippen molar-refractivity contribution >= 4 is 29.3 Å². The number of ether oxygens (including phenoxy) is 1. The van der Waals surface area contributed by atoms with Crippen molar-refractivity contribution in [2.75, 3.05) is 19.6 Å². The van der Waals surface area contributed by atoms with E-state index < -0.39 is 5.60 Å². The van der Waals surface area contributed by atoms with Crippen molar-refractivity contribution in [3.8, 4) is 0 Å². The second-order valence-corrected chi connectivity index (χ2v) is 8.43. The van der Waals surface area contributed by atoms with Crippen LogP contribution in [0.2, 0.25) is 10.0 Å². The molecule has 0 aliphatic carbocycles. The molecule has 8 heteroatoms. The Morgan fingerprint density at radius 3 is 2.73 bits per heavy atom. The minimum absolute atomic E-state index is 0.328. The van der Waals surface area contributed by atoms with Gasteiger partial charge >= 0.3 is 6.09 Å². The predicted octanol–water partition coefficient (Wildman–Crippen LogP) is 5.96. The maximum absolute atomic E-state index is 12.6. The number of carbonyl (C=O) groups is 1. The molecule has 1 fully saturated rings. The zero-order chi connectivity index (χ0) is 19.4. The van der Waals surface area contributed by atoms with E-state index in [-0.39, 0.29) is 11.5 Å². The number of amides is 1. The highest BCUT2D eigenvalue weighted by molar-refractivity contribution is 6.42. The van der Waals surface area contributed by atoms with Crippen molar-refractivity contribution in [3.63, 3.8) is 0 Å². The fourth-order valence-corrected chi connectivity index (χ4v) is 3.63. The van der Waals surface area contributed by atoms with Crippen LogP contribution in [0.25, 0.3) is 10.4 Å². The Hall–Kier alpha value is -1.62. The van der Waals surface area contributed by atoms with Gasteiger partial charge in [-0.25, -0.2) is 4.79 Å². The van der Waals surface area contributed by atoms with Crippen molar-refractivity contribution in [3.05, 3.63) is 44.3 Å². The van der Waals surface area contributed by atoms with Crippen LogP contribution in [-0.2, 0) is 10.2 Å². The molecule has 1 aliphatic heterocycles. The molecular formula is C18H24Cl2N4O2. The predicted molar refractivity (Wildman–Crippen MR) is 104 cm³/mol. The Bertz CT molecular complexity index is 714. The highest BCUT2D eigenvalue weighted by Gasteiger charge is 2.39.